The van der Waals surface area contributed by atoms with E-state index < -0.39 is 0 Å². The average Bonchev–Trinajstić information content (AvgIpc) is 1.35. The Bertz CT molecular complexity index is 5590. The van der Waals surface area contributed by atoms with E-state index in [1.807, 2.05) is 80.7 Å². The number of benzene rings is 6. The number of likely N-dealkylation sites (tertiary alicyclic amines) is 3. The number of rotatable bonds is 12. The fourth-order valence-electron chi connectivity index (χ4n) is 19.6. The Kier molecular flexibility index (Phi) is 24.2. The van der Waals surface area contributed by atoms with Gasteiger partial charge in [0.2, 0.25) is 17.7 Å². The van der Waals surface area contributed by atoms with Crippen LogP contribution in [-0.4, -0.2) is 227 Å². The van der Waals surface area contributed by atoms with Gasteiger partial charge >= 0.3 is 17.1 Å². The standard InChI is InChI=1S/2C31H36FN5O2S.C29H32FN5O2S/c1-5-26(38)35-15-21(4)36(16-20(35)3)30-25-14-19(2)27(22-8-10-23(32)11-9-22)29-28(25)37(31(39)33-30)17-24(18-40-29)34-12-6-7-13-34;1-5-26(38)37-20(3)15-35(16-21(37)4)30-25-14-19(2)27(22-8-10-23(32)11-9-22)29-28(25)36(31(39)33-30)17-24(18-40-29)34-12-6-7-13-34;1-3-24(36)33-12-14-34(15-13-33)28-23-16-19(2)25(20-6-8-21(30)9-7-20)27-26(23)35(29(37)31-28)17-22(18-38-27)32-10-4-5-11-32/h2*5,8-11,14,20-21,24H,1,6-7,12-13,15-18H2,2-4H3;3,6-9,16,22H,1,4-5,10-15,17-18H2,2H3/t2*20-,21+,24?;/m1../s1. The van der Waals surface area contributed by atoms with Gasteiger partial charge in [0.15, 0.2) is 0 Å². The topological polar surface area (TPSA) is 185 Å². The van der Waals surface area contributed by atoms with E-state index in [9.17, 15) is 41.9 Å². The minimum absolute atomic E-state index is 0.0262. The number of halogens is 3. The molecule has 6 aromatic carbocycles. The lowest BCUT2D eigenvalue weighted by molar-refractivity contribution is -0.131. The van der Waals surface area contributed by atoms with Gasteiger partial charge in [-0.1, -0.05) is 56.1 Å². The van der Waals surface area contributed by atoms with E-state index in [1.165, 1.54) is 93.2 Å². The molecule has 118 heavy (non-hydrogen) atoms. The lowest BCUT2D eigenvalue weighted by Gasteiger charge is -2.44. The van der Waals surface area contributed by atoms with Crippen LogP contribution in [0.25, 0.3) is 66.1 Å². The number of carbonyl (C=O) groups excluding carboxylic acids is 3. The summed E-state index contributed by atoms with van der Waals surface area (Å²) < 4.78 is 47.2. The summed E-state index contributed by atoms with van der Waals surface area (Å²) in [4.78, 5) is 115. The van der Waals surface area contributed by atoms with Crippen molar-refractivity contribution in [2.75, 3.05) is 124 Å². The third-order valence-electron chi connectivity index (χ3n) is 25.4. The van der Waals surface area contributed by atoms with Gasteiger partial charge in [-0.2, -0.15) is 15.0 Å². The molecule has 7 atom stereocenters. The van der Waals surface area contributed by atoms with Crippen LogP contribution >= 0.6 is 35.3 Å². The lowest BCUT2D eigenvalue weighted by atomic mass is 9.97. The van der Waals surface area contributed by atoms with Gasteiger partial charge in [-0.05, 0) is 232 Å². The third kappa shape index (κ3) is 16.0. The molecule has 0 bridgehead atoms. The number of nitrogens with zero attached hydrogens (tertiary/aromatic N) is 15. The highest BCUT2D eigenvalue weighted by Gasteiger charge is 2.40. The zero-order chi connectivity index (χ0) is 82.6. The van der Waals surface area contributed by atoms with E-state index in [1.54, 1.807) is 40.2 Å². The number of piperazine rings is 3. The maximum atomic E-state index is 13.9. The summed E-state index contributed by atoms with van der Waals surface area (Å²) in [5.41, 5.74) is 11.2. The average molecular weight is 1660 g/mol. The fraction of sp³-hybridized carbons (Fsp3) is 0.440. The molecular weight excluding hydrogens is 1550 g/mol. The summed E-state index contributed by atoms with van der Waals surface area (Å²) in [5.74, 6) is 3.63. The maximum Gasteiger partial charge on any atom is 0.350 e. The van der Waals surface area contributed by atoms with Gasteiger partial charge in [0, 0.05) is 179 Å². The molecule has 9 aliphatic heterocycles. The Morgan fingerprint density at radius 3 is 1.09 bits per heavy atom. The van der Waals surface area contributed by atoms with Gasteiger partial charge in [-0.25, -0.2) is 27.6 Å². The van der Waals surface area contributed by atoms with Gasteiger partial charge in [0.05, 0.1) is 16.6 Å². The largest absolute Gasteiger partial charge is 0.352 e. The van der Waals surface area contributed by atoms with Crippen molar-refractivity contribution >= 4 is 103 Å². The predicted molar refractivity (Wildman–Crippen MR) is 470 cm³/mol. The molecule has 9 aliphatic rings. The second-order valence-electron chi connectivity index (χ2n) is 33.1. The molecule has 0 aliphatic carbocycles. The number of thioether (sulfide) groups is 3. The van der Waals surface area contributed by atoms with Crippen LogP contribution in [0, 0.1) is 38.2 Å². The summed E-state index contributed by atoms with van der Waals surface area (Å²) >= 11 is 5.41. The highest BCUT2D eigenvalue weighted by atomic mass is 32.2. The Hall–Kier alpha value is -9.51. The summed E-state index contributed by atoms with van der Waals surface area (Å²) in [6, 6.07) is 26.9. The molecule has 21 nitrogen and oxygen atoms in total. The SMILES string of the molecule is C=CC(=O)N1CCN(c2nc(=O)n3c4c(c(-c5ccc(F)cc5)c(C)cc24)SCC(N2CCCC2)C3)CC1.C=CC(=O)N1C[C@H](C)N(c2nc(=O)n3c4c(c(-c5ccc(F)cc5)c(C)cc24)SCC(N2CCCC2)C3)C[C@H]1C.C=CC(=O)N1[C@H](C)CN(c2nc(=O)n3c4c(c(-c5ccc(F)cc5)c(C)cc24)SCC(N2CCCC2)C3)C[C@@H]1C. The normalized spacial score (nSPS) is 22.4. The molecule has 0 radical (unpaired) electrons. The van der Waals surface area contributed by atoms with Crippen LogP contribution in [0.1, 0.15) is 82.9 Å². The lowest BCUT2D eigenvalue weighted by Crippen LogP contribution is -2.58. The minimum atomic E-state index is -0.268. The van der Waals surface area contributed by atoms with E-state index in [0.29, 0.717) is 89.4 Å². The number of hydrogen-bond acceptors (Lipinski definition) is 18. The number of aromatic nitrogens is 6. The highest BCUT2D eigenvalue weighted by molar-refractivity contribution is 8.00. The molecule has 0 N–H and O–H groups in total. The molecule has 9 aromatic rings. The smallest absolute Gasteiger partial charge is 0.350 e. The molecule has 27 heteroatoms. The summed E-state index contributed by atoms with van der Waals surface area (Å²) in [6.45, 7) is 38.1. The van der Waals surface area contributed by atoms with Gasteiger partial charge in [-0.15, -0.1) is 35.3 Å². The van der Waals surface area contributed by atoms with Crippen molar-refractivity contribution < 1.29 is 27.6 Å². The van der Waals surface area contributed by atoms with Crippen molar-refractivity contribution in [2.24, 2.45) is 0 Å². The summed E-state index contributed by atoms with van der Waals surface area (Å²) in [6.07, 6.45) is 11.2. The Balaban J connectivity index is 0.000000132. The third-order valence-corrected chi connectivity index (χ3v) is 29.1. The predicted octanol–water partition coefficient (Wildman–Crippen LogP) is 13.3. The number of hydrogen-bond donors (Lipinski definition) is 0. The maximum absolute atomic E-state index is 13.9. The molecule has 3 unspecified atom stereocenters. The molecule has 18 rings (SSSR count). The monoisotopic (exact) mass is 1660 g/mol. The van der Waals surface area contributed by atoms with Crippen molar-refractivity contribution in [2.45, 2.75) is 164 Å². The van der Waals surface area contributed by atoms with Crippen molar-refractivity contribution in [1.82, 2.24) is 58.1 Å². The van der Waals surface area contributed by atoms with E-state index in [0.717, 1.165) is 154 Å². The van der Waals surface area contributed by atoms with E-state index in [2.05, 4.69) is 100 Å². The number of aryl methyl sites for hydroxylation is 3. The summed E-state index contributed by atoms with van der Waals surface area (Å²) in [7, 11) is 0. The molecular formula is C91H104F3N15O6S3. The van der Waals surface area contributed by atoms with Crippen molar-refractivity contribution in [1.29, 1.82) is 0 Å². The molecule has 3 aromatic heterocycles. The highest BCUT2D eigenvalue weighted by Crippen LogP contribution is 2.49. The van der Waals surface area contributed by atoms with Gasteiger partial charge < -0.3 is 29.4 Å². The molecule has 6 fully saturated rings. The van der Waals surface area contributed by atoms with E-state index in [4.69, 9.17) is 9.97 Å². The molecule has 618 valence electrons. The fourth-order valence-corrected chi connectivity index (χ4v) is 24.0. The van der Waals surface area contributed by atoms with Gasteiger partial charge in [0.1, 0.15) is 34.9 Å². The zero-order valence-electron chi connectivity index (χ0n) is 68.5. The van der Waals surface area contributed by atoms with Crippen molar-refractivity contribution in [3.63, 3.8) is 0 Å². The van der Waals surface area contributed by atoms with E-state index in [-0.39, 0.29) is 94.5 Å². The van der Waals surface area contributed by atoms with Crippen molar-refractivity contribution in [3.05, 3.63) is 195 Å². The van der Waals surface area contributed by atoms with E-state index >= 15 is 0 Å². The first-order valence-electron chi connectivity index (χ1n) is 41.7. The molecule has 0 spiro atoms. The van der Waals surface area contributed by atoms with Gasteiger partial charge in [0.25, 0.3) is 0 Å². The first kappa shape index (κ1) is 82.2. The molecule has 0 saturated carbocycles. The quantitative estimate of drug-likeness (QED) is 0.105. The Morgan fingerprint density at radius 1 is 0.398 bits per heavy atom. The van der Waals surface area contributed by atoms with Crippen LogP contribution in [0.3, 0.4) is 0 Å². The first-order valence-corrected chi connectivity index (χ1v) is 44.6. The Morgan fingerprint density at radius 2 is 0.737 bits per heavy atom. The molecule has 3 amide bonds. The first-order chi connectivity index (χ1) is 57.0. The van der Waals surface area contributed by atoms with Crippen LogP contribution in [-0.2, 0) is 34.0 Å². The van der Waals surface area contributed by atoms with Crippen molar-refractivity contribution in [3.8, 4) is 33.4 Å². The van der Waals surface area contributed by atoms with Crippen LogP contribution in [0.15, 0.2) is 158 Å². The number of anilines is 3. The second kappa shape index (κ2) is 34.7. The number of carbonyl (C=O) groups is 3. The number of amides is 3. The summed E-state index contributed by atoms with van der Waals surface area (Å²) in [5, 5.41) is 2.87. The zero-order valence-corrected chi connectivity index (χ0v) is 70.9. The van der Waals surface area contributed by atoms with Crippen LogP contribution in [0.2, 0.25) is 0 Å². The minimum Gasteiger partial charge on any atom is -0.352 e. The Labute approximate surface area is 699 Å². The van der Waals surface area contributed by atoms with Crippen LogP contribution in [0.4, 0.5) is 30.6 Å². The van der Waals surface area contributed by atoms with Crippen LogP contribution in [0.5, 0.6) is 0 Å². The molecule has 12 heterocycles. The second-order valence-corrected chi connectivity index (χ2v) is 36.2. The van der Waals surface area contributed by atoms with Gasteiger partial charge in [-0.3, -0.25) is 42.8 Å². The van der Waals surface area contributed by atoms with Crippen LogP contribution < -0.4 is 31.8 Å². The molecule has 6 saturated heterocycles.